The molecule has 1 aromatic heterocycles. The predicted octanol–water partition coefficient (Wildman–Crippen LogP) is 1.73. The monoisotopic (exact) mass is 333 g/mol. The normalized spacial score (nSPS) is 18.6. The van der Waals surface area contributed by atoms with Crippen molar-refractivity contribution in [2.24, 2.45) is 0 Å². The fourth-order valence-electron chi connectivity index (χ4n) is 2.53. The van der Waals surface area contributed by atoms with Gasteiger partial charge in [-0.25, -0.2) is 17.9 Å². The lowest BCUT2D eigenvalue weighted by molar-refractivity contribution is 0.00945. The molecule has 1 aliphatic carbocycles. The molecule has 1 fully saturated rings. The van der Waals surface area contributed by atoms with Crippen LogP contribution in [-0.2, 0) is 10.0 Å². The molecule has 0 aromatic carbocycles. The number of aliphatic hydroxyl groups is 1. The van der Waals surface area contributed by atoms with Crippen LogP contribution in [0.1, 0.15) is 46.7 Å². The summed E-state index contributed by atoms with van der Waals surface area (Å²) in [4.78, 5) is 11.3. The van der Waals surface area contributed by atoms with E-state index in [9.17, 15) is 18.3 Å². The highest BCUT2D eigenvalue weighted by molar-refractivity contribution is 7.89. The zero-order valence-corrected chi connectivity index (χ0v) is 13.4. The van der Waals surface area contributed by atoms with Crippen molar-refractivity contribution in [2.45, 2.75) is 49.5 Å². The van der Waals surface area contributed by atoms with Crippen molar-refractivity contribution in [1.82, 2.24) is 4.72 Å². The Bertz CT molecular complexity index is 629. The molecule has 1 heterocycles. The van der Waals surface area contributed by atoms with E-state index in [0.29, 0.717) is 17.7 Å². The molecule has 0 radical (unpaired) electrons. The molecule has 2 rings (SSSR count). The molecule has 0 unspecified atom stereocenters. The first kappa shape index (κ1) is 16.4. The van der Waals surface area contributed by atoms with Gasteiger partial charge < -0.3 is 10.2 Å². The number of rotatable bonds is 5. The van der Waals surface area contributed by atoms with Crippen LogP contribution in [-0.4, -0.2) is 36.7 Å². The van der Waals surface area contributed by atoms with Gasteiger partial charge in [0.1, 0.15) is 4.88 Å². The smallest absolute Gasteiger partial charge is 0.345 e. The highest BCUT2D eigenvalue weighted by Crippen LogP contribution is 2.29. The van der Waals surface area contributed by atoms with Crippen LogP contribution in [0.25, 0.3) is 0 Å². The molecule has 0 saturated heterocycles. The SMILES string of the molecule is Cc1sc(C(=O)O)cc1S(=O)(=O)NCC1(O)CCCCC1. The molecule has 1 saturated carbocycles. The number of carboxylic acid groups (broad SMARTS) is 1. The molecule has 21 heavy (non-hydrogen) atoms. The van der Waals surface area contributed by atoms with Gasteiger partial charge in [0.2, 0.25) is 10.0 Å². The Labute approximate surface area is 127 Å². The van der Waals surface area contributed by atoms with Gasteiger partial charge in [0.05, 0.1) is 10.5 Å². The quantitative estimate of drug-likeness (QED) is 0.761. The number of carboxylic acids is 1. The van der Waals surface area contributed by atoms with Gasteiger partial charge in [0.25, 0.3) is 0 Å². The van der Waals surface area contributed by atoms with Crippen molar-refractivity contribution in [3.63, 3.8) is 0 Å². The molecule has 1 aromatic rings. The molecule has 8 heteroatoms. The van der Waals surface area contributed by atoms with Gasteiger partial charge >= 0.3 is 5.97 Å². The third-order valence-electron chi connectivity index (χ3n) is 3.75. The molecular formula is C13H19NO5S2. The Balaban J connectivity index is 2.13. The molecule has 0 spiro atoms. The van der Waals surface area contributed by atoms with Crippen LogP contribution < -0.4 is 4.72 Å². The lowest BCUT2D eigenvalue weighted by Crippen LogP contribution is -2.44. The standard InChI is InChI=1S/C13H19NO5S2/c1-9-11(7-10(20-9)12(15)16)21(18,19)14-8-13(17)5-3-2-4-6-13/h7,14,17H,2-6,8H2,1H3,(H,15,16). The van der Waals surface area contributed by atoms with Crippen LogP contribution >= 0.6 is 11.3 Å². The van der Waals surface area contributed by atoms with Crippen molar-refractivity contribution in [1.29, 1.82) is 0 Å². The molecule has 0 amide bonds. The minimum Gasteiger partial charge on any atom is -0.477 e. The summed E-state index contributed by atoms with van der Waals surface area (Å²) >= 11 is 0.929. The van der Waals surface area contributed by atoms with Crippen molar-refractivity contribution < 1.29 is 23.4 Å². The number of hydrogen-bond acceptors (Lipinski definition) is 5. The van der Waals surface area contributed by atoms with Gasteiger partial charge in [0, 0.05) is 11.4 Å². The first-order valence-electron chi connectivity index (χ1n) is 6.79. The lowest BCUT2D eigenvalue weighted by Gasteiger charge is -2.32. The Hall–Kier alpha value is -0.960. The van der Waals surface area contributed by atoms with E-state index in [-0.39, 0.29) is 16.3 Å². The first-order valence-corrected chi connectivity index (χ1v) is 9.09. The van der Waals surface area contributed by atoms with E-state index >= 15 is 0 Å². The predicted molar refractivity (Wildman–Crippen MR) is 79.2 cm³/mol. The molecule has 6 nitrogen and oxygen atoms in total. The summed E-state index contributed by atoms with van der Waals surface area (Å²) in [7, 11) is -3.80. The van der Waals surface area contributed by atoms with Gasteiger partial charge in [-0.15, -0.1) is 11.3 Å². The highest BCUT2D eigenvalue weighted by Gasteiger charge is 2.31. The second-order valence-electron chi connectivity index (χ2n) is 5.45. The largest absolute Gasteiger partial charge is 0.477 e. The number of aryl methyl sites for hydroxylation is 1. The topological polar surface area (TPSA) is 104 Å². The summed E-state index contributed by atoms with van der Waals surface area (Å²) in [6.07, 6.45) is 4.00. The Morgan fingerprint density at radius 1 is 1.38 bits per heavy atom. The van der Waals surface area contributed by atoms with Crippen molar-refractivity contribution >= 4 is 27.3 Å². The Morgan fingerprint density at radius 2 is 2.00 bits per heavy atom. The molecule has 0 aliphatic heterocycles. The fourth-order valence-corrected chi connectivity index (χ4v) is 5.08. The average molecular weight is 333 g/mol. The zero-order chi connectivity index (χ0) is 15.7. The van der Waals surface area contributed by atoms with Gasteiger partial charge in [-0.1, -0.05) is 19.3 Å². The van der Waals surface area contributed by atoms with E-state index in [0.717, 1.165) is 36.7 Å². The van der Waals surface area contributed by atoms with Gasteiger partial charge in [0.15, 0.2) is 0 Å². The summed E-state index contributed by atoms with van der Waals surface area (Å²) in [6.45, 7) is 1.54. The maximum Gasteiger partial charge on any atom is 0.345 e. The van der Waals surface area contributed by atoms with Crippen LogP contribution in [0.3, 0.4) is 0 Å². The second kappa shape index (κ2) is 6.04. The van der Waals surface area contributed by atoms with E-state index in [1.807, 2.05) is 0 Å². The summed E-state index contributed by atoms with van der Waals surface area (Å²) in [6, 6.07) is 1.16. The first-order chi connectivity index (χ1) is 9.73. The minimum absolute atomic E-state index is 0.00995. The summed E-state index contributed by atoms with van der Waals surface area (Å²) in [5.74, 6) is -1.14. The van der Waals surface area contributed by atoms with Crippen LogP contribution in [0.4, 0.5) is 0 Å². The number of sulfonamides is 1. The number of nitrogens with one attached hydrogen (secondary N) is 1. The average Bonchev–Trinajstić information content (AvgIpc) is 2.81. The van der Waals surface area contributed by atoms with E-state index in [2.05, 4.69) is 4.72 Å². The lowest BCUT2D eigenvalue weighted by atomic mass is 9.85. The van der Waals surface area contributed by atoms with E-state index in [1.54, 1.807) is 6.92 Å². The molecule has 0 atom stereocenters. The molecule has 1 aliphatic rings. The summed E-state index contributed by atoms with van der Waals surface area (Å²) < 4.78 is 26.9. The van der Waals surface area contributed by atoms with Crippen molar-refractivity contribution in [3.8, 4) is 0 Å². The number of thiophene rings is 1. The van der Waals surface area contributed by atoms with Crippen LogP contribution in [0.2, 0.25) is 0 Å². The second-order valence-corrected chi connectivity index (χ2v) is 8.44. The summed E-state index contributed by atoms with van der Waals surface area (Å²) in [5, 5.41) is 19.2. The molecule has 0 bridgehead atoms. The molecular weight excluding hydrogens is 314 g/mol. The Morgan fingerprint density at radius 3 is 2.52 bits per heavy atom. The van der Waals surface area contributed by atoms with E-state index < -0.39 is 21.6 Å². The summed E-state index contributed by atoms with van der Waals surface area (Å²) in [5.41, 5.74) is -0.995. The van der Waals surface area contributed by atoms with Gasteiger partial charge in [-0.05, 0) is 25.8 Å². The van der Waals surface area contributed by atoms with Crippen LogP contribution in [0.5, 0.6) is 0 Å². The third-order valence-corrected chi connectivity index (χ3v) is 6.44. The maximum atomic E-state index is 12.3. The highest BCUT2D eigenvalue weighted by atomic mass is 32.2. The van der Waals surface area contributed by atoms with Gasteiger partial charge in [-0.3, -0.25) is 0 Å². The van der Waals surface area contributed by atoms with Crippen LogP contribution in [0.15, 0.2) is 11.0 Å². The van der Waals surface area contributed by atoms with Crippen molar-refractivity contribution in [3.05, 3.63) is 15.8 Å². The number of carbonyl (C=O) groups is 1. The maximum absolute atomic E-state index is 12.3. The van der Waals surface area contributed by atoms with E-state index in [4.69, 9.17) is 5.11 Å². The van der Waals surface area contributed by atoms with Crippen LogP contribution in [0, 0.1) is 6.92 Å². The zero-order valence-electron chi connectivity index (χ0n) is 11.8. The van der Waals surface area contributed by atoms with E-state index in [1.165, 1.54) is 0 Å². The third kappa shape index (κ3) is 3.82. The van der Waals surface area contributed by atoms with Gasteiger partial charge in [-0.2, -0.15) is 0 Å². The Kier molecular flexibility index (Phi) is 4.72. The minimum atomic E-state index is -3.80. The fraction of sp³-hybridized carbons (Fsp3) is 0.615. The number of hydrogen-bond donors (Lipinski definition) is 3. The molecule has 118 valence electrons. The number of aromatic carboxylic acids is 1. The van der Waals surface area contributed by atoms with Crippen molar-refractivity contribution in [2.75, 3.05) is 6.54 Å². The molecule has 3 N–H and O–H groups in total.